The number of carbonyl (C=O) groups excluding carboxylic acids is 1. The van der Waals surface area contributed by atoms with E-state index in [4.69, 9.17) is 0 Å². The molecule has 64 valence electrons. The molecule has 0 spiro atoms. The summed E-state index contributed by atoms with van der Waals surface area (Å²) in [7, 11) is 0. The van der Waals surface area contributed by atoms with Crippen LogP contribution in [0.15, 0.2) is 30.3 Å². The van der Waals surface area contributed by atoms with Gasteiger partial charge in [0.15, 0.2) is 0 Å². The second-order valence-electron chi connectivity index (χ2n) is 1.53. The van der Waals surface area contributed by atoms with Crippen LogP contribution in [0.1, 0.15) is 10.4 Å². The molecular weight excluding hydrogens is 168 g/mol. The van der Waals surface area contributed by atoms with E-state index in [1.54, 1.807) is 12.1 Å². The van der Waals surface area contributed by atoms with Gasteiger partial charge in [-0.3, -0.25) is 4.79 Å². The molecule has 0 radical (unpaired) electrons. The third kappa shape index (κ3) is 6.86. The van der Waals surface area contributed by atoms with Crippen molar-refractivity contribution in [2.75, 3.05) is 0 Å². The van der Waals surface area contributed by atoms with Gasteiger partial charge in [-0.2, -0.15) is 0 Å². The molecule has 0 amide bonds. The SMILES string of the molecule is O=Cc1ccccc1.[B+3].[F-].[F-].[F-]. The van der Waals surface area contributed by atoms with Crippen LogP contribution in [0.2, 0.25) is 0 Å². The van der Waals surface area contributed by atoms with Crippen molar-refractivity contribution in [1.29, 1.82) is 0 Å². The van der Waals surface area contributed by atoms with E-state index in [-0.39, 0.29) is 22.5 Å². The molecule has 0 heterocycles. The standard InChI is InChI=1S/C7H6O.B.3FH/c8-6-7-4-2-1-3-5-7;;;;/h1-6H;;3*1H/q;+3;;;/p-3. The van der Waals surface area contributed by atoms with Gasteiger partial charge in [0.2, 0.25) is 0 Å². The third-order valence-electron chi connectivity index (χ3n) is 0.936. The van der Waals surface area contributed by atoms with Crippen molar-refractivity contribution in [3.8, 4) is 0 Å². The molecule has 0 fully saturated rings. The van der Waals surface area contributed by atoms with Crippen molar-refractivity contribution in [2.24, 2.45) is 0 Å². The molecule has 12 heavy (non-hydrogen) atoms. The molecule has 1 aromatic carbocycles. The average molecular weight is 174 g/mol. The van der Waals surface area contributed by atoms with E-state index in [2.05, 4.69) is 0 Å². The number of benzene rings is 1. The second-order valence-corrected chi connectivity index (χ2v) is 1.53. The number of hydrogen-bond donors (Lipinski definition) is 0. The normalized spacial score (nSPS) is 5.67. The van der Waals surface area contributed by atoms with E-state index in [1.807, 2.05) is 18.2 Å². The molecule has 0 aromatic heterocycles. The fourth-order valence-corrected chi connectivity index (χ4v) is 0.532. The first kappa shape index (κ1) is 22.4. The molecule has 1 rings (SSSR count). The summed E-state index contributed by atoms with van der Waals surface area (Å²) >= 11 is 0. The van der Waals surface area contributed by atoms with Gasteiger partial charge >= 0.3 is 8.41 Å². The minimum absolute atomic E-state index is 0. The summed E-state index contributed by atoms with van der Waals surface area (Å²) in [5, 5.41) is 0. The molecule has 5 heteroatoms. The Bertz CT molecular complexity index is 181. The van der Waals surface area contributed by atoms with Crippen molar-refractivity contribution >= 4 is 14.7 Å². The Hall–Kier alpha value is -1.26. The molecule has 1 aromatic rings. The maximum atomic E-state index is 10.0. The van der Waals surface area contributed by atoms with Crippen molar-refractivity contribution in [1.82, 2.24) is 0 Å². The largest absolute Gasteiger partial charge is 3.00 e. The van der Waals surface area contributed by atoms with Gasteiger partial charge in [0.25, 0.3) is 0 Å². The monoisotopic (exact) mass is 174 g/mol. The molecule has 0 saturated heterocycles. The molecule has 0 aliphatic rings. The van der Waals surface area contributed by atoms with Crippen molar-refractivity contribution in [2.45, 2.75) is 0 Å². The Kier molecular flexibility index (Phi) is 23.2. The van der Waals surface area contributed by atoms with Gasteiger partial charge < -0.3 is 14.1 Å². The van der Waals surface area contributed by atoms with Gasteiger partial charge in [-0.15, -0.1) is 0 Å². The molecule has 0 atom stereocenters. The van der Waals surface area contributed by atoms with Gasteiger partial charge in [0, 0.05) is 5.56 Å². The summed E-state index contributed by atoms with van der Waals surface area (Å²) in [5.74, 6) is 0. The summed E-state index contributed by atoms with van der Waals surface area (Å²) in [4.78, 5) is 10.0. The first-order valence-corrected chi connectivity index (χ1v) is 2.44. The molecule has 0 unspecified atom stereocenters. The minimum Gasteiger partial charge on any atom is -1.00 e. The fraction of sp³-hybridized carbons (Fsp3) is 0. The van der Waals surface area contributed by atoms with E-state index in [0.29, 0.717) is 0 Å². The van der Waals surface area contributed by atoms with Gasteiger partial charge in [0.1, 0.15) is 6.29 Å². The van der Waals surface area contributed by atoms with Crippen molar-refractivity contribution in [3.05, 3.63) is 35.9 Å². The van der Waals surface area contributed by atoms with Crippen LogP contribution in [0.25, 0.3) is 0 Å². The van der Waals surface area contributed by atoms with Crippen LogP contribution in [0.4, 0.5) is 0 Å². The molecule has 0 bridgehead atoms. The maximum Gasteiger partial charge on any atom is 3.00 e. The summed E-state index contributed by atoms with van der Waals surface area (Å²) < 4.78 is 0. The number of rotatable bonds is 1. The zero-order chi connectivity index (χ0) is 5.82. The van der Waals surface area contributed by atoms with Crippen LogP contribution in [-0.2, 0) is 0 Å². The predicted molar refractivity (Wildman–Crippen MR) is 37.6 cm³/mol. The number of aldehydes is 1. The van der Waals surface area contributed by atoms with Gasteiger partial charge in [-0.25, -0.2) is 0 Å². The van der Waals surface area contributed by atoms with E-state index in [0.717, 1.165) is 11.8 Å². The first-order chi connectivity index (χ1) is 3.93. The smallest absolute Gasteiger partial charge is 1.00 e. The van der Waals surface area contributed by atoms with Crippen LogP contribution in [0.5, 0.6) is 0 Å². The van der Waals surface area contributed by atoms with Crippen molar-refractivity contribution in [3.63, 3.8) is 0 Å². The number of halogens is 3. The van der Waals surface area contributed by atoms with Gasteiger partial charge in [-0.1, -0.05) is 30.3 Å². The van der Waals surface area contributed by atoms with Crippen LogP contribution in [0, 0.1) is 0 Å². The Morgan fingerprint density at radius 3 is 1.58 bits per heavy atom. The van der Waals surface area contributed by atoms with Crippen molar-refractivity contribution < 1.29 is 18.9 Å². The molecule has 0 aliphatic carbocycles. The predicted octanol–water partition coefficient (Wildman–Crippen LogP) is -7.87. The molecule has 0 N–H and O–H groups in total. The summed E-state index contributed by atoms with van der Waals surface area (Å²) in [6, 6.07) is 9.10. The Morgan fingerprint density at radius 2 is 1.33 bits per heavy atom. The Labute approximate surface area is 70.5 Å². The summed E-state index contributed by atoms with van der Waals surface area (Å²) in [6.07, 6.45) is 0.833. The number of hydrogen-bond acceptors (Lipinski definition) is 1. The maximum absolute atomic E-state index is 10.0. The molecular formula is C7H6BF3O. The molecule has 0 aliphatic heterocycles. The topological polar surface area (TPSA) is 17.1 Å². The second kappa shape index (κ2) is 12.4. The van der Waals surface area contributed by atoms with Crippen LogP contribution in [-0.4, -0.2) is 14.7 Å². The van der Waals surface area contributed by atoms with Crippen LogP contribution < -0.4 is 14.1 Å². The minimum atomic E-state index is 0. The summed E-state index contributed by atoms with van der Waals surface area (Å²) in [6.45, 7) is 0. The van der Waals surface area contributed by atoms with Crippen LogP contribution >= 0.6 is 0 Å². The Balaban J connectivity index is -0.0000000800. The first-order valence-electron chi connectivity index (χ1n) is 2.44. The van der Waals surface area contributed by atoms with E-state index in [9.17, 15) is 4.79 Å². The zero-order valence-electron chi connectivity index (χ0n) is 6.08. The van der Waals surface area contributed by atoms with Crippen LogP contribution in [0.3, 0.4) is 0 Å². The quantitative estimate of drug-likeness (QED) is 0.305. The van der Waals surface area contributed by atoms with E-state index in [1.165, 1.54) is 0 Å². The third-order valence-corrected chi connectivity index (χ3v) is 0.936. The van der Waals surface area contributed by atoms with Gasteiger partial charge in [0.05, 0.1) is 0 Å². The molecule has 1 nitrogen and oxygen atoms in total. The molecule has 0 saturated carbocycles. The zero-order valence-corrected chi connectivity index (χ0v) is 6.08. The van der Waals surface area contributed by atoms with Gasteiger partial charge in [-0.05, 0) is 0 Å². The number of carbonyl (C=O) groups is 1. The van der Waals surface area contributed by atoms with E-state index < -0.39 is 0 Å². The fourth-order valence-electron chi connectivity index (χ4n) is 0.532. The Morgan fingerprint density at radius 1 is 0.917 bits per heavy atom. The van der Waals surface area contributed by atoms with E-state index >= 15 is 0 Å². The average Bonchev–Trinajstić information content (AvgIpc) is 1.90. The summed E-state index contributed by atoms with van der Waals surface area (Å²) in [5.41, 5.74) is 0.729.